The molecule has 1 aliphatic carbocycles. The lowest BCUT2D eigenvalue weighted by Crippen LogP contribution is -2.38. The van der Waals surface area contributed by atoms with E-state index >= 15 is 0 Å². The van der Waals surface area contributed by atoms with Gasteiger partial charge in [-0.15, -0.1) is 0 Å². The van der Waals surface area contributed by atoms with E-state index in [0.717, 1.165) is 37.7 Å². The van der Waals surface area contributed by atoms with Crippen LogP contribution in [-0.2, 0) is 4.74 Å². The summed E-state index contributed by atoms with van der Waals surface area (Å²) in [4.78, 5) is 14.6. The van der Waals surface area contributed by atoms with Crippen molar-refractivity contribution >= 4 is 11.8 Å². The van der Waals surface area contributed by atoms with Crippen LogP contribution in [0.4, 0.5) is 10.5 Å². The van der Waals surface area contributed by atoms with Gasteiger partial charge in [0.05, 0.1) is 18.4 Å². The van der Waals surface area contributed by atoms with E-state index in [9.17, 15) is 9.90 Å². The maximum atomic E-state index is 13.1. The van der Waals surface area contributed by atoms with Gasteiger partial charge in [0.15, 0.2) is 0 Å². The lowest BCUT2D eigenvalue weighted by Gasteiger charge is -2.38. The van der Waals surface area contributed by atoms with Crippen molar-refractivity contribution in [3.05, 3.63) is 72.4 Å². The molecule has 2 aromatic carbocycles. The number of methoxy groups -OCH3 is 1. The van der Waals surface area contributed by atoms with Crippen LogP contribution in [-0.4, -0.2) is 29.5 Å². The highest BCUT2D eigenvalue weighted by Gasteiger charge is 2.37. The highest BCUT2D eigenvalue weighted by molar-refractivity contribution is 5.90. The molecule has 1 atom stereocenters. The van der Waals surface area contributed by atoms with E-state index in [1.54, 1.807) is 13.3 Å². The van der Waals surface area contributed by atoms with Crippen molar-refractivity contribution in [2.45, 2.75) is 70.0 Å². The molecule has 3 rings (SSSR count). The number of carbonyl (C=O) groups excluding carboxylic acids is 1. The fraction of sp³-hybridized carbons (Fsp3) is 0.444. The second-order valence-corrected chi connectivity index (χ2v) is 9.44. The van der Waals surface area contributed by atoms with Gasteiger partial charge >= 0.3 is 6.09 Å². The number of ether oxygens (including phenoxy) is 2. The van der Waals surface area contributed by atoms with Crippen molar-refractivity contribution in [2.75, 3.05) is 12.0 Å². The fourth-order valence-corrected chi connectivity index (χ4v) is 4.21. The molecular formula is C27H35NO4. The summed E-state index contributed by atoms with van der Waals surface area (Å²) in [5.41, 5.74) is 0.233. The lowest BCUT2D eigenvalue weighted by atomic mass is 9.73. The first kappa shape index (κ1) is 23.9. The quantitative estimate of drug-likeness (QED) is 0.566. The van der Waals surface area contributed by atoms with Gasteiger partial charge < -0.3 is 14.6 Å². The minimum Gasteiger partial charge on any atom is -0.497 e. The average Bonchev–Trinajstić information content (AvgIpc) is 2.76. The molecule has 0 aromatic heterocycles. The van der Waals surface area contributed by atoms with Crippen molar-refractivity contribution in [3.8, 4) is 5.75 Å². The second-order valence-electron chi connectivity index (χ2n) is 9.44. The molecule has 1 N–H and O–H groups in total. The Balaban J connectivity index is 1.98. The van der Waals surface area contributed by atoms with E-state index in [2.05, 4.69) is 0 Å². The summed E-state index contributed by atoms with van der Waals surface area (Å²) in [5, 5.41) is 11.6. The third kappa shape index (κ3) is 6.13. The van der Waals surface area contributed by atoms with Gasteiger partial charge in [-0.25, -0.2) is 4.79 Å². The zero-order valence-electron chi connectivity index (χ0n) is 19.6. The van der Waals surface area contributed by atoms with Crippen LogP contribution in [0.1, 0.15) is 64.4 Å². The first-order valence-electron chi connectivity index (χ1n) is 11.3. The van der Waals surface area contributed by atoms with Crippen LogP contribution >= 0.6 is 0 Å². The molecule has 1 saturated carbocycles. The third-order valence-corrected chi connectivity index (χ3v) is 5.83. The maximum absolute atomic E-state index is 13.1. The summed E-state index contributed by atoms with van der Waals surface area (Å²) >= 11 is 0. The molecule has 32 heavy (non-hydrogen) atoms. The number of benzene rings is 2. The van der Waals surface area contributed by atoms with E-state index < -0.39 is 17.3 Å². The minimum atomic E-state index is -0.838. The Morgan fingerprint density at radius 1 is 1.03 bits per heavy atom. The van der Waals surface area contributed by atoms with E-state index in [1.165, 1.54) is 4.90 Å². The zero-order chi connectivity index (χ0) is 23.2. The molecule has 0 spiro atoms. The number of carbonyl (C=O) groups is 1. The highest BCUT2D eigenvalue weighted by Crippen LogP contribution is 2.41. The molecule has 172 valence electrons. The van der Waals surface area contributed by atoms with E-state index in [4.69, 9.17) is 9.47 Å². The van der Waals surface area contributed by atoms with Crippen molar-refractivity contribution < 1.29 is 19.4 Å². The first-order valence-corrected chi connectivity index (χ1v) is 11.3. The Bertz CT molecular complexity index is 894. The molecule has 0 unspecified atom stereocenters. The third-order valence-electron chi connectivity index (χ3n) is 5.83. The molecule has 0 heterocycles. The molecule has 0 aliphatic heterocycles. The normalized spacial score (nSPS) is 17.0. The molecule has 2 aromatic rings. The molecule has 1 amide bonds. The lowest BCUT2D eigenvalue weighted by molar-refractivity contribution is -0.00921. The Kier molecular flexibility index (Phi) is 7.62. The first-order chi connectivity index (χ1) is 15.2. The van der Waals surface area contributed by atoms with Crippen LogP contribution in [0.5, 0.6) is 5.75 Å². The smallest absolute Gasteiger partial charge is 0.418 e. The van der Waals surface area contributed by atoms with Crippen molar-refractivity contribution in [1.29, 1.82) is 0 Å². The van der Waals surface area contributed by atoms with Crippen LogP contribution in [0.25, 0.3) is 0 Å². The monoisotopic (exact) mass is 437 g/mol. The number of anilines is 1. The van der Waals surface area contributed by atoms with Crippen LogP contribution in [0, 0.1) is 0 Å². The van der Waals surface area contributed by atoms with Crippen LogP contribution in [0.3, 0.4) is 0 Å². The predicted octanol–water partition coefficient (Wildman–Crippen LogP) is 6.43. The topological polar surface area (TPSA) is 59.0 Å². The molecule has 1 fully saturated rings. The number of nitrogens with zero attached hydrogens (tertiary/aromatic N) is 1. The fourth-order valence-electron chi connectivity index (χ4n) is 4.21. The van der Waals surface area contributed by atoms with Gasteiger partial charge in [0, 0.05) is 12.1 Å². The van der Waals surface area contributed by atoms with Crippen molar-refractivity contribution in [3.63, 3.8) is 0 Å². The number of amides is 1. The van der Waals surface area contributed by atoms with Crippen molar-refractivity contribution in [1.82, 2.24) is 0 Å². The maximum Gasteiger partial charge on any atom is 0.418 e. The van der Waals surface area contributed by atoms with E-state index in [-0.39, 0.29) is 5.92 Å². The molecule has 0 saturated heterocycles. The minimum absolute atomic E-state index is 0.229. The summed E-state index contributed by atoms with van der Waals surface area (Å²) < 4.78 is 10.9. The van der Waals surface area contributed by atoms with Gasteiger partial charge in [-0.3, -0.25) is 4.90 Å². The Morgan fingerprint density at radius 3 is 2.22 bits per heavy atom. The standard InChI is InChI=1S/C27H35NO4/c1-26(2,3)32-25(29)28(22-13-15-23(31-4)16-14-22)20-17-24(21-11-7-5-8-12-21)27(30)18-9-6-10-19-27/h5,7-8,11-17,20,24,30H,6,9-10,18-19H2,1-4H3/b20-17-/t24-/m1/s1. The Labute approximate surface area is 191 Å². The summed E-state index contributed by atoms with van der Waals surface area (Å²) in [6.45, 7) is 5.54. The predicted molar refractivity (Wildman–Crippen MR) is 128 cm³/mol. The average molecular weight is 438 g/mol. The SMILES string of the molecule is COc1ccc(N(/C=C\[C@H](c2ccccc2)C2(O)CCCCC2)C(=O)OC(C)(C)C)cc1. The zero-order valence-corrected chi connectivity index (χ0v) is 19.6. The largest absolute Gasteiger partial charge is 0.497 e. The Morgan fingerprint density at radius 2 is 1.66 bits per heavy atom. The van der Waals surface area contributed by atoms with Gasteiger partial charge in [-0.05, 0) is 63.4 Å². The molecule has 1 aliphatic rings. The molecule has 5 heteroatoms. The molecule has 0 bridgehead atoms. The molecule has 0 radical (unpaired) electrons. The van der Waals surface area contributed by atoms with Crippen LogP contribution in [0.2, 0.25) is 0 Å². The number of hydrogen-bond acceptors (Lipinski definition) is 4. The van der Waals surface area contributed by atoms with Gasteiger partial charge in [0.1, 0.15) is 11.4 Å². The number of rotatable bonds is 6. The number of aliphatic hydroxyl groups is 1. The number of hydrogen-bond donors (Lipinski definition) is 1. The summed E-state index contributed by atoms with van der Waals surface area (Å²) in [6.07, 6.45) is 7.83. The van der Waals surface area contributed by atoms with Gasteiger partial charge in [-0.2, -0.15) is 0 Å². The Hall–Kier alpha value is -2.79. The van der Waals surface area contributed by atoms with Crippen molar-refractivity contribution in [2.24, 2.45) is 0 Å². The van der Waals surface area contributed by atoms with Crippen LogP contribution < -0.4 is 9.64 Å². The summed E-state index contributed by atoms with van der Waals surface area (Å²) in [5.74, 6) is 0.479. The molecular weight excluding hydrogens is 402 g/mol. The van der Waals surface area contributed by atoms with Gasteiger partial charge in [-0.1, -0.05) is 55.7 Å². The van der Waals surface area contributed by atoms with Gasteiger partial charge in [0.2, 0.25) is 0 Å². The van der Waals surface area contributed by atoms with E-state index in [1.807, 2.05) is 81.4 Å². The van der Waals surface area contributed by atoms with E-state index in [0.29, 0.717) is 11.4 Å². The van der Waals surface area contributed by atoms with Gasteiger partial charge in [0.25, 0.3) is 0 Å². The highest BCUT2D eigenvalue weighted by atomic mass is 16.6. The van der Waals surface area contributed by atoms with Crippen LogP contribution in [0.15, 0.2) is 66.9 Å². The molecule has 5 nitrogen and oxygen atoms in total. The summed E-state index contributed by atoms with van der Waals surface area (Å²) in [7, 11) is 1.61. The second kappa shape index (κ2) is 10.2. The summed E-state index contributed by atoms with van der Waals surface area (Å²) in [6, 6.07) is 17.3.